The van der Waals surface area contributed by atoms with E-state index in [4.69, 9.17) is 0 Å². The number of unbranched alkanes of at least 4 members (excludes halogenated alkanes) is 18. The summed E-state index contributed by atoms with van der Waals surface area (Å²) in [4.78, 5) is 0. The molecule has 0 N–H and O–H groups in total. The zero-order chi connectivity index (χ0) is 24.8. The molecule has 2 aromatic rings. The average molecular weight is 482 g/mol. The van der Waals surface area contributed by atoms with Gasteiger partial charge in [-0.1, -0.05) is 135 Å². The van der Waals surface area contributed by atoms with Crippen molar-refractivity contribution in [2.75, 3.05) is 0 Å². The van der Waals surface area contributed by atoms with Gasteiger partial charge in [-0.2, -0.15) is 0 Å². The Kier molecular flexibility index (Phi) is 17.5. The molecule has 0 saturated heterocycles. The van der Waals surface area contributed by atoms with Crippen molar-refractivity contribution in [3.8, 4) is 11.4 Å². The van der Waals surface area contributed by atoms with Gasteiger partial charge in [-0.05, 0) is 37.8 Å². The SMILES string of the molecule is CCCCCCCCCCCCC[n+]1ccn(CCCCCCCCCCC)c1-c1ccccc1. The lowest BCUT2D eigenvalue weighted by Crippen LogP contribution is -2.34. The van der Waals surface area contributed by atoms with Gasteiger partial charge in [-0.3, -0.25) is 0 Å². The number of imidazole rings is 1. The molecule has 0 saturated carbocycles. The van der Waals surface area contributed by atoms with Gasteiger partial charge in [0.2, 0.25) is 0 Å². The summed E-state index contributed by atoms with van der Waals surface area (Å²) < 4.78 is 5.02. The number of rotatable bonds is 23. The van der Waals surface area contributed by atoms with E-state index in [9.17, 15) is 0 Å². The Balaban J connectivity index is 1.69. The van der Waals surface area contributed by atoms with Gasteiger partial charge in [0.1, 0.15) is 12.4 Å². The molecule has 1 heterocycles. The first-order valence-electron chi connectivity index (χ1n) is 15.5. The fourth-order valence-corrected chi connectivity index (χ4v) is 5.29. The Morgan fingerprint density at radius 1 is 0.543 bits per heavy atom. The largest absolute Gasteiger partial charge is 0.288 e. The molecule has 0 aliphatic heterocycles. The van der Waals surface area contributed by atoms with Crippen molar-refractivity contribution in [1.82, 2.24) is 4.57 Å². The van der Waals surface area contributed by atoms with E-state index in [0.29, 0.717) is 0 Å². The van der Waals surface area contributed by atoms with Crippen LogP contribution in [0.5, 0.6) is 0 Å². The maximum atomic E-state index is 2.51. The Morgan fingerprint density at radius 3 is 1.51 bits per heavy atom. The minimum Gasteiger partial charge on any atom is -0.230 e. The highest BCUT2D eigenvalue weighted by Gasteiger charge is 2.18. The van der Waals surface area contributed by atoms with Crippen LogP contribution in [0.1, 0.15) is 142 Å². The van der Waals surface area contributed by atoms with Gasteiger partial charge < -0.3 is 0 Å². The van der Waals surface area contributed by atoms with E-state index in [1.54, 1.807) is 0 Å². The van der Waals surface area contributed by atoms with Gasteiger partial charge in [0.25, 0.3) is 5.82 Å². The molecule has 0 bridgehead atoms. The van der Waals surface area contributed by atoms with Crippen molar-refractivity contribution < 1.29 is 4.57 Å². The second-order valence-corrected chi connectivity index (χ2v) is 10.7. The van der Waals surface area contributed by atoms with Crippen LogP contribution in [-0.4, -0.2) is 4.57 Å². The molecule has 0 radical (unpaired) electrons. The molecule has 2 rings (SSSR count). The van der Waals surface area contributed by atoms with E-state index >= 15 is 0 Å². The quantitative estimate of drug-likeness (QED) is 0.110. The third-order valence-electron chi connectivity index (χ3n) is 7.51. The predicted molar refractivity (Wildman–Crippen MR) is 154 cm³/mol. The van der Waals surface area contributed by atoms with Crippen LogP contribution in [0.3, 0.4) is 0 Å². The number of aromatic nitrogens is 2. The van der Waals surface area contributed by atoms with E-state index in [1.165, 1.54) is 140 Å². The van der Waals surface area contributed by atoms with E-state index in [0.717, 1.165) is 13.1 Å². The molecule has 1 aromatic carbocycles. The number of benzene rings is 1. The van der Waals surface area contributed by atoms with Crippen LogP contribution in [0.25, 0.3) is 11.4 Å². The maximum Gasteiger partial charge on any atom is 0.288 e. The Bertz CT molecular complexity index is 718. The van der Waals surface area contributed by atoms with E-state index in [1.807, 2.05) is 0 Å². The molecule has 198 valence electrons. The van der Waals surface area contributed by atoms with Gasteiger partial charge in [-0.15, -0.1) is 0 Å². The van der Waals surface area contributed by atoms with Crippen LogP contribution in [0.15, 0.2) is 42.7 Å². The summed E-state index contributed by atoms with van der Waals surface area (Å²) in [6.07, 6.45) is 32.6. The Morgan fingerprint density at radius 2 is 1.00 bits per heavy atom. The summed E-state index contributed by atoms with van der Waals surface area (Å²) >= 11 is 0. The smallest absolute Gasteiger partial charge is 0.230 e. The molecule has 0 unspecified atom stereocenters. The second-order valence-electron chi connectivity index (χ2n) is 10.7. The maximum absolute atomic E-state index is 2.51. The van der Waals surface area contributed by atoms with Gasteiger partial charge in [-0.25, -0.2) is 9.13 Å². The van der Waals surface area contributed by atoms with Crippen molar-refractivity contribution in [3.63, 3.8) is 0 Å². The van der Waals surface area contributed by atoms with Gasteiger partial charge in [0, 0.05) is 0 Å². The minimum absolute atomic E-state index is 1.14. The van der Waals surface area contributed by atoms with Gasteiger partial charge >= 0.3 is 0 Å². The van der Waals surface area contributed by atoms with Crippen molar-refractivity contribution in [2.45, 2.75) is 155 Å². The fourth-order valence-electron chi connectivity index (χ4n) is 5.29. The highest BCUT2D eigenvalue weighted by Crippen LogP contribution is 2.18. The average Bonchev–Trinajstić information content (AvgIpc) is 3.29. The zero-order valence-electron chi connectivity index (χ0n) is 23.5. The number of hydrogen-bond acceptors (Lipinski definition) is 0. The molecule has 0 aliphatic rings. The summed E-state index contributed by atoms with van der Waals surface area (Å²) in [5.74, 6) is 1.40. The van der Waals surface area contributed by atoms with E-state index in [2.05, 4.69) is 65.7 Å². The van der Waals surface area contributed by atoms with E-state index in [-0.39, 0.29) is 0 Å². The lowest BCUT2D eigenvalue weighted by molar-refractivity contribution is -0.686. The topological polar surface area (TPSA) is 8.81 Å². The van der Waals surface area contributed by atoms with E-state index < -0.39 is 0 Å². The summed E-state index contributed by atoms with van der Waals surface area (Å²) in [5.41, 5.74) is 1.36. The fraction of sp³-hybridized carbons (Fsp3) is 0.727. The molecule has 1 aromatic heterocycles. The monoisotopic (exact) mass is 481 g/mol. The molecule has 0 spiro atoms. The lowest BCUT2D eigenvalue weighted by Gasteiger charge is -2.07. The van der Waals surface area contributed by atoms with Crippen LogP contribution >= 0.6 is 0 Å². The second kappa shape index (κ2) is 20.6. The predicted octanol–water partition coefficient (Wildman–Crippen LogP) is 10.3. The van der Waals surface area contributed by atoms with Crippen molar-refractivity contribution in [3.05, 3.63) is 42.7 Å². The zero-order valence-corrected chi connectivity index (χ0v) is 23.5. The third kappa shape index (κ3) is 13.3. The van der Waals surface area contributed by atoms with Crippen LogP contribution in [-0.2, 0) is 13.1 Å². The molecule has 2 nitrogen and oxygen atoms in total. The normalized spacial score (nSPS) is 11.4. The Hall–Kier alpha value is -1.57. The molecule has 0 aliphatic carbocycles. The molecule has 0 fully saturated rings. The molecule has 0 atom stereocenters. The van der Waals surface area contributed by atoms with Crippen molar-refractivity contribution >= 4 is 0 Å². The van der Waals surface area contributed by atoms with Crippen molar-refractivity contribution in [2.24, 2.45) is 0 Å². The highest BCUT2D eigenvalue weighted by atomic mass is 15.1. The summed E-state index contributed by atoms with van der Waals surface area (Å²) in [6.45, 7) is 6.89. The van der Waals surface area contributed by atoms with Crippen molar-refractivity contribution in [1.29, 1.82) is 0 Å². The molecular weight excluding hydrogens is 424 g/mol. The molecular formula is C33H57N2+. The number of hydrogen-bond donors (Lipinski definition) is 0. The van der Waals surface area contributed by atoms with Gasteiger partial charge in [0.15, 0.2) is 0 Å². The minimum atomic E-state index is 1.14. The first-order valence-corrected chi connectivity index (χ1v) is 15.5. The lowest BCUT2D eigenvalue weighted by atomic mass is 10.1. The Labute approximate surface area is 218 Å². The summed E-state index contributed by atoms with van der Waals surface area (Å²) in [5, 5.41) is 0. The van der Waals surface area contributed by atoms with Crippen LogP contribution in [0, 0.1) is 0 Å². The number of nitrogens with zero attached hydrogens (tertiary/aromatic N) is 2. The summed E-state index contributed by atoms with van der Waals surface area (Å²) in [6, 6.07) is 11.0. The molecule has 2 heteroatoms. The first kappa shape index (κ1) is 29.7. The van der Waals surface area contributed by atoms with Crippen LogP contribution in [0.4, 0.5) is 0 Å². The third-order valence-corrected chi connectivity index (χ3v) is 7.51. The van der Waals surface area contributed by atoms with Crippen LogP contribution < -0.4 is 4.57 Å². The number of aryl methyl sites for hydroxylation is 2. The highest BCUT2D eigenvalue weighted by molar-refractivity contribution is 5.52. The molecule has 35 heavy (non-hydrogen) atoms. The van der Waals surface area contributed by atoms with Crippen LogP contribution in [0.2, 0.25) is 0 Å². The standard InChI is InChI=1S/C33H57N2/c1-3-5-7-9-11-13-14-16-18-20-25-29-35-31-30-34(33(35)32-26-22-21-23-27-32)28-24-19-17-15-12-10-8-6-4-2/h21-23,26-27,30-31H,3-20,24-25,28-29H2,1-2H3/q+1. The molecule has 0 amide bonds. The van der Waals surface area contributed by atoms with Gasteiger partial charge in [0.05, 0.1) is 18.7 Å². The first-order chi connectivity index (χ1) is 17.4. The summed E-state index contributed by atoms with van der Waals surface area (Å²) in [7, 11) is 0.